The van der Waals surface area contributed by atoms with Crippen LogP contribution >= 0.6 is 0 Å². The molecule has 1 aliphatic rings. The number of hydrogen-bond acceptors (Lipinski definition) is 4. The average molecular weight is 339 g/mol. The van der Waals surface area contributed by atoms with E-state index >= 15 is 0 Å². The van der Waals surface area contributed by atoms with Gasteiger partial charge in [-0.1, -0.05) is 57.8 Å². The molecule has 130 valence electrons. The number of hydrogen-bond donors (Lipinski definition) is 0. The Morgan fingerprint density at radius 1 is 1.22 bits per heavy atom. The molecule has 23 heavy (non-hydrogen) atoms. The van der Waals surface area contributed by atoms with E-state index in [2.05, 4.69) is 52.2 Å². The summed E-state index contributed by atoms with van der Waals surface area (Å²) in [6.07, 6.45) is 2.79. The zero-order chi connectivity index (χ0) is 18.1. The molecule has 1 saturated carbocycles. The lowest BCUT2D eigenvalue weighted by Crippen LogP contribution is -2.39. The maximum atomic E-state index is 12.2. The van der Waals surface area contributed by atoms with Crippen LogP contribution in [0.15, 0.2) is 23.9 Å². The summed E-state index contributed by atoms with van der Waals surface area (Å²) >= 11 is 0. The summed E-state index contributed by atoms with van der Waals surface area (Å²) in [5.41, 5.74) is 1.94. The van der Waals surface area contributed by atoms with Gasteiger partial charge in [-0.25, -0.2) is 0 Å². The minimum absolute atomic E-state index is 0.00215. The van der Waals surface area contributed by atoms with Crippen LogP contribution in [-0.4, -0.2) is 34.2 Å². The van der Waals surface area contributed by atoms with Crippen molar-refractivity contribution in [3.63, 3.8) is 0 Å². The Kier molecular flexibility index (Phi) is 5.68. The summed E-state index contributed by atoms with van der Waals surface area (Å²) in [6, 6.07) is 0. The zero-order valence-corrected chi connectivity index (χ0v) is 16.5. The van der Waals surface area contributed by atoms with Gasteiger partial charge in [0.25, 0.3) is 0 Å². The van der Waals surface area contributed by atoms with Crippen molar-refractivity contribution in [3.05, 3.63) is 23.9 Å². The predicted octanol–water partition coefficient (Wildman–Crippen LogP) is 3.89. The molecule has 1 rings (SSSR count). The van der Waals surface area contributed by atoms with Gasteiger partial charge in [-0.15, -0.1) is 0 Å². The molecule has 1 aliphatic carbocycles. The number of allylic oxidation sites excluding steroid dienone is 2. The lowest BCUT2D eigenvalue weighted by molar-refractivity contribution is -0.168. The number of rotatable bonds is 4. The molecule has 4 nitrogen and oxygen atoms in total. The Morgan fingerprint density at radius 2 is 1.70 bits per heavy atom. The summed E-state index contributed by atoms with van der Waals surface area (Å²) in [5.74, 6) is -1.07. The number of esters is 2. The molecule has 5 heteroatoms. The third kappa shape index (κ3) is 3.76. The van der Waals surface area contributed by atoms with Gasteiger partial charge in [0, 0.05) is 0 Å². The number of carbonyl (C=O) groups is 2. The van der Waals surface area contributed by atoms with Crippen LogP contribution < -0.4 is 0 Å². The van der Waals surface area contributed by atoms with Crippen molar-refractivity contribution in [2.45, 2.75) is 51.7 Å². The van der Waals surface area contributed by atoms with Gasteiger partial charge in [0.1, 0.15) is 0 Å². The Labute approximate surface area is 140 Å². The fourth-order valence-electron chi connectivity index (χ4n) is 2.71. The van der Waals surface area contributed by atoms with Crippen LogP contribution in [0.5, 0.6) is 0 Å². The van der Waals surface area contributed by atoms with Crippen LogP contribution in [0.1, 0.15) is 33.6 Å². The van der Waals surface area contributed by atoms with Crippen molar-refractivity contribution in [2.24, 2.45) is 11.3 Å². The normalized spacial score (nSPS) is 21.5. The fraction of sp³-hybridized carbons (Fsp3) is 0.667. The van der Waals surface area contributed by atoms with E-state index in [-0.39, 0.29) is 11.0 Å². The molecule has 0 spiro atoms. The molecular weight excluding hydrogens is 308 g/mol. The minimum Gasteiger partial charge on any atom is -0.468 e. The minimum atomic E-state index is -1.57. The van der Waals surface area contributed by atoms with E-state index in [0.29, 0.717) is 12.8 Å². The van der Waals surface area contributed by atoms with Gasteiger partial charge in [0.15, 0.2) is 5.41 Å². The van der Waals surface area contributed by atoms with E-state index < -0.39 is 25.4 Å². The molecule has 0 heterocycles. The van der Waals surface area contributed by atoms with Crippen LogP contribution in [0.2, 0.25) is 18.1 Å². The van der Waals surface area contributed by atoms with Crippen molar-refractivity contribution in [1.29, 1.82) is 0 Å². The summed E-state index contributed by atoms with van der Waals surface area (Å²) in [4.78, 5) is 24.4. The van der Waals surface area contributed by atoms with Gasteiger partial charge in [0.2, 0.25) is 0 Å². The second-order valence-corrected chi connectivity index (χ2v) is 13.3. The highest BCUT2D eigenvalue weighted by Gasteiger charge is 2.54. The molecule has 0 bridgehead atoms. The second-order valence-electron chi connectivity index (χ2n) is 8.04. The first kappa shape index (κ1) is 19.7. The van der Waals surface area contributed by atoms with Crippen molar-refractivity contribution >= 4 is 20.0 Å². The van der Waals surface area contributed by atoms with Crippen LogP contribution in [0, 0.1) is 11.3 Å². The lowest BCUT2D eigenvalue weighted by Gasteiger charge is -2.34. The summed E-state index contributed by atoms with van der Waals surface area (Å²) < 4.78 is 9.72. The molecule has 0 N–H and O–H groups in total. The molecular formula is C18H30O4Si. The summed E-state index contributed by atoms with van der Waals surface area (Å²) in [5, 5.41) is 0.241. The van der Waals surface area contributed by atoms with Crippen molar-refractivity contribution in [2.75, 3.05) is 14.2 Å². The van der Waals surface area contributed by atoms with Crippen molar-refractivity contribution in [1.82, 2.24) is 0 Å². The van der Waals surface area contributed by atoms with Gasteiger partial charge in [-0.2, -0.15) is 0 Å². The fourth-order valence-corrected chi connectivity index (χ4v) is 3.92. The Balaban J connectivity index is 3.08. The standard InChI is InChI=1S/C18H30O4Si/c1-13-11-18(15(19)21-5,16(20)22-6)12-14(13)9-10-23(7,8)17(2,3)4/h9-10,14H,1,11-12H2,2-8H3/b10-9+/t14-/m0/s1. The highest BCUT2D eigenvalue weighted by atomic mass is 28.3. The highest BCUT2D eigenvalue weighted by Crippen LogP contribution is 2.47. The quantitative estimate of drug-likeness (QED) is 0.338. The Bertz CT molecular complexity index is 510. The number of carbonyl (C=O) groups excluding carboxylic acids is 2. The Morgan fingerprint density at radius 3 is 2.09 bits per heavy atom. The molecule has 0 aromatic heterocycles. The molecule has 1 fully saturated rings. The second kappa shape index (κ2) is 6.63. The topological polar surface area (TPSA) is 52.6 Å². The van der Waals surface area contributed by atoms with Crippen LogP contribution in [0.25, 0.3) is 0 Å². The maximum absolute atomic E-state index is 12.2. The molecule has 0 radical (unpaired) electrons. The van der Waals surface area contributed by atoms with Gasteiger partial charge in [0.05, 0.1) is 22.3 Å². The van der Waals surface area contributed by atoms with Crippen molar-refractivity contribution in [3.8, 4) is 0 Å². The van der Waals surface area contributed by atoms with Gasteiger partial charge >= 0.3 is 11.9 Å². The first-order chi connectivity index (χ1) is 10.4. The van der Waals surface area contributed by atoms with E-state index in [9.17, 15) is 9.59 Å². The van der Waals surface area contributed by atoms with Gasteiger partial charge in [-0.05, 0) is 23.8 Å². The van der Waals surface area contributed by atoms with E-state index in [0.717, 1.165) is 5.57 Å². The van der Waals surface area contributed by atoms with Gasteiger partial charge < -0.3 is 9.47 Å². The third-order valence-electron chi connectivity index (χ3n) is 5.45. The van der Waals surface area contributed by atoms with Crippen LogP contribution in [-0.2, 0) is 19.1 Å². The lowest BCUT2D eigenvalue weighted by atomic mass is 9.85. The first-order valence-electron chi connectivity index (χ1n) is 7.95. The molecule has 0 aromatic carbocycles. The first-order valence-corrected chi connectivity index (χ1v) is 11.0. The monoisotopic (exact) mass is 338 g/mol. The Hall–Kier alpha value is -1.36. The van der Waals surface area contributed by atoms with E-state index in [1.54, 1.807) is 0 Å². The third-order valence-corrected chi connectivity index (χ3v) is 10.3. The largest absolute Gasteiger partial charge is 0.468 e. The molecule has 1 atom stereocenters. The molecule has 0 saturated heterocycles. The molecule has 0 amide bonds. The SMILES string of the molecule is C=C1CC(C(=O)OC)(C(=O)OC)C[C@@H]1/C=C/[Si](C)(C)C(C)(C)C. The molecule has 0 aliphatic heterocycles. The van der Waals surface area contributed by atoms with E-state index in [4.69, 9.17) is 9.47 Å². The van der Waals surface area contributed by atoms with Crippen molar-refractivity contribution < 1.29 is 19.1 Å². The smallest absolute Gasteiger partial charge is 0.323 e. The zero-order valence-electron chi connectivity index (χ0n) is 15.5. The summed E-state index contributed by atoms with van der Waals surface area (Å²) in [7, 11) is 1.03. The molecule has 0 unspecified atom stereocenters. The predicted molar refractivity (Wildman–Crippen MR) is 94.7 cm³/mol. The average Bonchev–Trinajstić information content (AvgIpc) is 2.80. The van der Waals surface area contributed by atoms with Crippen LogP contribution in [0.3, 0.4) is 0 Å². The highest BCUT2D eigenvalue weighted by molar-refractivity contribution is 6.84. The number of methoxy groups -OCH3 is 2. The number of ether oxygens (including phenoxy) is 2. The van der Waals surface area contributed by atoms with E-state index in [1.165, 1.54) is 14.2 Å². The van der Waals surface area contributed by atoms with Crippen LogP contribution in [0.4, 0.5) is 0 Å². The maximum Gasteiger partial charge on any atom is 0.323 e. The van der Waals surface area contributed by atoms with Gasteiger partial charge in [-0.3, -0.25) is 9.59 Å². The summed E-state index contributed by atoms with van der Waals surface area (Å²) in [6.45, 7) is 15.5. The molecule has 0 aromatic rings. The van der Waals surface area contributed by atoms with E-state index in [1.807, 2.05) is 0 Å².